The standard InChI is InChI=1S/C8H14O9/c9-1-3(10)5(12)6(13)4(11)2-17-8(16)7(14)15/h3-6,9-13H,1-2H2,(H,14,15)/t3-,4-,5-,6-/m1/s1. The van der Waals surface area contributed by atoms with Crippen molar-refractivity contribution in [1.82, 2.24) is 0 Å². The summed E-state index contributed by atoms with van der Waals surface area (Å²) in [5.74, 6) is -3.50. The molecule has 0 aliphatic carbocycles. The highest BCUT2D eigenvalue weighted by atomic mass is 16.6. The number of aliphatic hydroxyl groups is 5. The number of hydrogen-bond acceptors (Lipinski definition) is 8. The first-order valence-electron chi connectivity index (χ1n) is 4.54. The molecule has 0 radical (unpaired) electrons. The summed E-state index contributed by atoms with van der Waals surface area (Å²) in [7, 11) is 0. The number of carbonyl (C=O) groups excluding carboxylic acids is 1. The molecule has 17 heavy (non-hydrogen) atoms. The molecule has 0 amide bonds. The second kappa shape index (κ2) is 7.14. The largest absolute Gasteiger partial charge is 0.473 e. The zero-order valence-corrected chi connectivity index (χ0v) is 8.63. The summed E-state index contributed by atoms with van der Waals surface area (Å²) in [6, 6.07) is 0. The summed E-state index contributed by atoms with van der Waals surface area (Å²) in [5.41, 5.74) is 0. The third kappa shape index (κ3) is 5.06. The summed E-state index contributed by atoms with van der Waals surface area (Å²) in [5, 5.41) is 53.1. The van der Waals surface area contributed by atoms with Crippen molar-refractivity contribution < 1.29 is 45.0 Å². The molecule has 0 saturated carbocycles. The maximum Gasteiger partial charge on any atom is 0.417 e. The molecule has 0 aromatic heterocycles. The van der Waals surface area contributed by atoms with Gasteiger partial charge >= 0.3 is 11.9 Å². The van der Waals surface area contributed by atoms with Gasteiger partial charge in [0.05, 0.1) is 6.61 Å². The Kier molecular flexibility index (Phi) is 6.61. The Morgan fingerprint density at radius 1 is 1.00 bits per heavy atom. The van der Waals surface area contributed by atoms with E-state index >= 15 is 0 Å². The van der Waals surface area contributed by atoms with Gasteiger partial charge in [0.2, 0.25) is 0 Å². The van der Waals surface area contributed by atoms with Crippen LogP contribution in [0.4, 0.5) is 0 Å². The topological polar surface area (TPSA) is 165 Å². The molecular formula is C8H14O9. The molecule has 0 heterocycles. The molecule has 0 unspecified atom stereocenters. The first-order chi connectivity index (χ1) is 7.81. The number of rotatable bonds is 6. The van der Waals surface area contributed by atoms with Gasteiger partial charge in [0.25, 0.3) is 0 Å². The van der Waals surface area contributed by atoms with E-state index in [-0.39, 0.29) is 0 Å². The molecule has 6 N–H and O–H groups in total. The quantitative estimate of drug-likeness (QED) is 0.205. The summed E-state index contributed by atoms with van der Waals surface area (Å²) >= 11 is 0. The second-order valence-electron chi connectivity index (χ2n) is 3.20. The van der Waals surface area contributed by atoms with Crippen molar-refractivity contribution in [3.8, 4) is 0 Å². The maximum atomic E-state index is 10.5. The minimum Gasteiger partial charge on any atom is -0.473 e. The summed E-state index contributed by atoms with van der Waals surface area (Å²) < 4.78 is 4.05. The maximum absolute atomic E-state index is 10.5. The molecular weight excluding hydrogens is 240 g/mol. The lowest BCUT2D eigenvalue weighted by molar-refractivity contribution is -0.170. The minimum absolute atomic E-state index is 0.847. The van der Waals surface area contributed by atoms with Gasteiger partial charge in [-0.1, -0.05) is 0 Å². The van der Waals surface area contributed by atoms with Gasteiger partial charge in [-0.25, -0.2) is 9.59 Å². The van der Waals surface area contributed by atoms with Crippen LogP contribution in [-0.2, 0) is 14.3 Å². The van der Waals surface area contributed by atoms with E-state index in [1.54, 1.807) is 0 Å². The molecule has 0 aromatic rings. The fraction of sp³-hybridized carbons (Fsp3) is 0.750. The van der Waals surface area contributed by atoms with E-state index in [1.807, 2.05) is 0 Å². The lowest BCUT2D eigenvalue weighted by atomic mass is 10.0. The van der Waals surface area contributed by atoms with Crippen LogP contribution in [0, 0.1) is 0 Å². The van der Waals surface area contributed by atoms with Crippen LogP contribution in [0.1, 0.15) is 0 Å². The van der Waals surface area contributed by atoms with Crippen LogP contribution < -0.4 is 0 Å². The van der Waals surface area contributed by atoms with E-state index in [2.05, 4.69) is 4.74 Å². The average Bonchev–Trinajstić information content (AvgIpc) is 2.32. The second-order valence-corrected chi connectivity index (χ2v) is 3.20. The monoisotopic (exact) mass is 254 g/mol. The van der Waals surface area contributed by atoms with E-state index in [0.717, 1.165) is 0 Å². The molecule has 0 aliphatic heterocycles. The average molecular weight is 254 g/mol. The smallest absolute Gasteiger partial charge is 0.417 e. The number of ether oxygens (including phenoxy) is 1. The van der Waals surface area contributed by atoms with Crippen LogP contribution in [0.3, 0.4) is 0 Å². The van der Waals surface area contributed by atoms with E-state index in [9.17, 15) is 19.8 Å². The molecule has 9 nitrogen and oxygen atoms in total. The highest BCUT2D eigenvalue weighted by Gasteiger charge is 2.31. The van der Waals surface area contributed by atoms with E-state index in [4.69, 9.17) is 20.4 Å². The Bertz CT molecular complexity index is 266. The Balaban J connectivity index is 4.18. The molecule has 100 valence electrons. The Morgan fingerprint density at radius 3 is 1.88 bits per heavy atom. The zero-order valence-electron chi connectivity index (χ0n) is 8.63. The van der Waals surface area contributed by atoms with Crippen molar-refractivity contribution in [1.29, 1.82) is 0 Å². The van der Waals surface area contributed by atoms with Gasteiger partial charge in [0.15, 0.2) is 0 Å². The first kappa shape index (κ1) is 15.7. The van der Waals surface area contributed by atoms with Gasteiger partial charge in [-0.05, 0) is 0 Å². The molecule has 0 aliphatic rings. The number of esters is 1. The zero-order chi connectivity index (χ0) is 13.6. The third-order valence-electron chi connectivity index (χ3n) is 1.89. The molecule has 9 heteroatoms. The normalized spacial score (nSPS) is 17.9. The van der Waals surface area contributed by atoms with Crippen molar-refractivity contribution in [2.24, 2.45) is 0 Å². The predicted octanol–water partition coefficient (Wildman–Crippen LogP) is -3.95. The van der Waals surface area contributed by atoms with Crippen molar-refractivity contribution in [2.45, 2.75) is 24.4 Å². The fourth-order valence-electron chi connectivity index (χ4n) is 0.885. The van der Waals surface area contributed by atoms with Crippen LogP contribution in [0.2, 0.25) is 0 Å². The number of aliphatic carboxylic acids is 1. The van der Waals surface area contributed by atoms with Gasteiger partial charge < -0.3 is 35.4 Å². The van der Waals surface area contributed by atoms with Crippen LogP contribution in [0.5, 0.6) is 0 Å². The summed E-state index contributed by atoms with van der Waals surface area (Å²) in [6.07, 6.45) is -7.25. The summed E-state index contributed by atoms with van der Waals surface area (Å²) in [4.78, 5) is 20.5. The Morgan fingerprint density at radius 2 is 1.47 bits per heavy atom. The summed E-state index contributed by atoms with van der Waals surface area (Å²) in [6.45, 7) is -1.72. The SMILES string of the molecule is O=C(O)C(=O)OC[C@@H](O)[C@@H](O)[C@H](O)[C@H](O)CO. The molecule has 0 saturated heterocycles. The fourth-order valence-corrected chi connectivity index (χ4v) is 0.885. The molecule has 4 atom stereocenters. The highest BCUT2D eigenvalue weighted by Crippen LogP contribution is 2.05. The number of aliphatic hydroxyl groups excluding tert-OH is 5. The van der Waals surface area contributed by atoms with Crippen LogP contribution in [-0.4, -0.2) is 80.2 Å². The number of carboxylic acid groups (broad SMARTS) is 1. The molecule has 0 spiro atoms. The predicted molar refractivity (Wildman–Crippen MR) is 49.7 cm³/mol. The van der Waals surface area contributed by atoms with Gasteiger partial charge in [-0.15, -0.1) is 0 Å². The molecule has 0 fully saturated rings. The number of hydrogen-bond donors (Lipinski definition) is 6. The first-order valence-corrected chi connectivity index (χ1v) is 4.54. The number of carbonyl (C=O) groups is 2. The van der Waals surface area contributed by atoms with Gasteiger partial charge in [-0.2, -0.15) is 0 Å². The molecule has 0 rings (SSSR count). The third-order valence-corrected chi connectivity index (χ3v) is 1.89. The highest BCUT2D eigenvalue weighted by molar-refractivity contribution is 6.28. The van der Waals surface area contributed by atoms with E-state index in [1.165, 1.54) is 0 Å². The van der Waals surface area contributed by atoms with Crippen LogP contribution >= 0.6 is 0 Å². The van der Waals surface area contributed by atoms with Crippen LogP contribution in [0.15, 0.2) is 0 Å². The van der Waals surface area contributed by atoms with E-state index < -0.39 is 49.6 Å². The van der Waals surface area contributed by atoms with Gasteiger partial charge in [0.1, 0.15) is 31.0 Å². The molecule has 0 aromatic carbocycles. The lowest BCUT2D eigenvalue weighted by Crippen LogP contribution is -2.47. The molecule has 0 bridgehead atoms. The van der Waals surface area contributed by atoms with Crippen LogP contribution in [0.25, 0.3) is 0 Å². The van der Waals surface area contributed by atoms with Crippen molar-refractivity contribution in [3.05, 3.63) is 0 Å². The minimum atomic E-state index is -1.90. The van der Waals surface area contributed by atoms with Gasteiger partial charge in [-0.3, -0.25) is 0 Å². The van der Waals surface area contributed by atoms with Gasteiger partial charge in [0, 0.05) is 0 Å². The number of carboxylic acids is 1. The lowest BCUT2D eigenvalue weighted by Gasteiger charge is -2.25. The van der Waals surface area contributed by atoms with Crippen molar-refractivity contribution in [2.75, 3.05) is 13.2 Å². The van der Waals surface area contributed by atoms with Crippen molar-refractivity contribution >= 4 is 11.9 Å². The Labute approximate surface area is 95.5 Å². The van der Waals surface area contributed by atoms with Crippen molar-refractivity contribution in [3.63, 3.8) is 0 Å². The van der Waals surface area contributed by atoms with E-state index in [0.29, 0.717) is 0 Å². The Hall–Kier alpha value is -1.26.